The topological polar surface area (TPSA) is 116 Å². The molecule has 2 rings (SSSR count). The van der Waals surface area contributed by atoms with E-state index >= 15 is 0 Å². The molecule has 1 fully saturated rings. The highest BCUT2D eigenvalue weighted by Gasteiger charge is 2.46. The van der Waals surface area contributed by atoms with E-state index in [9.17, 15) is 18.3 Å². The molecule has 4 N–H and O–H groups in total. The van der Waals surface area contributed by atoms with Crippen LogP contribution in [-0.2, 0) is 9.84 Å². The molecule has 1 aromatic rings. The Balaban J connectivity index is 2.03. The van der Waals surface area contributed by atoms with Crippen LogP contribution in [0.15, 0.2) is 24.3 Å². The molecule has 1 heterocycles. The minimum Gasteiger partial charge on any atom is -0.478 e. The summed E-state index contributed by atoms with van der Waals surface area (Å²) in [7, 11) is -3.26. The molecule has 0 spiro atoms. The Bertz CT molecular complexity index is 613. The fourth-order valence-electron chi connectivity index (χ4n) is 2.07. The van der Waals surface area contributed by atoms with Crippen LogP contribution in [0.3, 0.4) is 0 Å². The van der Waals surface area contributed by atoms with Gasteiger partial charge in [-0.25, -0.2) is 18.6 Å². The molecular weight excluding hydrogens is 284 g/mol. The Labute approximate surface area is 116 Å². The maximum Gasteiger partial charge on any atom is 0.335 e. The lowest BCUT2D eigenvalue weighted by molar-refractivity contribution is 0.0697. The summed E-state index contributed by atoms with van der Waals surface area (Å²) in [5.74, 6) is -1.45. The quantitative estimate of drug-likeness (QED) is 0.571. The standard InChI is InChI=1S/C12H16N2O5S/c1-12(7-20(18,19)6-10(12)15)14-13-9-4-2-8(3-5-9)11(16)17/h2-5,10,13-15H,6-7H2,1H3,(H,16,17)/t10-,12+/m1/s1. The number of sulfone groups is 1. The fraction of sp³-hybridized carbons (Fsp3) is 0.417. The summed E-state index contributed by atoms with van der Waals surface area (Å²) in [5.41, 5.74) is 5.35. The summed E-state index contributed by atoms with van der Waals surface area (Å²) < 4.78 is 23.0. The van der Waals surface area contributed by atoms with Crippen LogP contribution in [0.2, 0.25) is 0 Å². The van der Waals surface area contributed by atoms with E-state index in [4.69, 9.17) is 5.11 Å². The zero-order valence-electron chi connectivity index (χ0n) is 10.8. The number of aromatic carboxylic acids is 1. The zero-order valence-corrected chi connectivity index (χ0v) is 11.6. The van der Waals surface area contributed by atoms with Gasteiger partial charge in [-0.1, -0.05) is 0 Å². The summed E-state index contributed by atoms with van der Waals surface area (Å²) >= 11 is 0. The Kier molecular flexibility index (Phi) is 3.72. The molecule has 1 aliphatic rings. The van der Waals surface area contributed by atoms with Crippen molar-refractivity contribution in [1.82, 2.24) is 5.43 Å². The van der Waals surface area contributed by atoms with Gasteiger partial charge in [0.05, 0.1) is 28.7 Å². The highest BCUT2D eigenvalue weighted by Crippen LogP contribution is 2.23. The largest absolute Gasteiger partial charge is 0.478 e. The molecule has 0 radical (unpaired) electrons. The second kappa shape index (κ2) is 5.04. The molecule has 1 saturated heterocycles. The average Bonchev–Trinajstić information content (AvgIpc) is 2.56. The summed E-state index contributed by atoms with van der Waals surface area (Å²) in [6, 6.07) is 5.96. The van der Waals surface area contributed by atoms with Crippen LogP contribution in [0.25, 0.3) is 0 Å². The number of aliphatic hydroxyl groups excluding tert-OH is 1. The fourth-order valence-corrected chi connectivity index (χ4v) is 4.21. The van der Waals surface area contributed by atoms with E-state index in [0.29, 0.717) is 5.69 Å². The minimum atomic E-state index is -3.26. The van der Waals surface area contributed by atoms with Gasteiger partial charge in [-0.15, -0.1) is 0 Å². The van der Waals surface area contributed by atoms with Crippen LogP contribution in [0.5, 0.6) is 0 Å². The smallest absolute Gasteiger partial charge is 0.335 e. The third kappa shape index (κ3) is 3.09. The SMILES string of the molecule is C[C@]1(NNc2ccc(C(=O)O)cc2)CS(=O)(=O)C[C@H]1O. The van der Waals surface area contributed by atoms with Crippen LogP contribution in [0.4, 0.5) is 5.69 Å². The molecule has 1 aliphatic heterocycles. The molecule has 0 aromatic heterocycles. The predicted octanol–water partition coefficient (Wildman–Crippen LogP) is -0.151. The molecule has 2 atom stereocenters. The van der Waals surface area contributed by atoms with E-state index in [2.05, 4.69) is 10.9 Å². The van der Waals surface area contributed by atoms with Crippen molar-refractivity contribution in [3.05, 3.63) is 29.8 Å². The van der Waals surface area contributed by atoms with Gasteiger partial charge in [0.25, 0.3) is 0 Å². The Morgan fingerprint density at radius 1 is 1.35 bits per heavy atom. The van der Waals surface area contributed by atoms with Crippen LogP contribution >= 0.6 is 0 Å². The molecule has 8 heteroatoms. The van der Waals surface area contributed by atoms with Gasteiger partial charge < -0.3 is 15.6 Å². The number of nitrogens with one attached hydrogen (secondary N) is 2. The van der Waals surface area contributed by atoms with Gasteiger partial charge in [0.15, 0.2) is 9.84 Å². The number of carboxylic acid groups (broad SMARTS) is 1. The van der Waals surface area contributed by atoms with Crippen molar-refractivity contribution in [3.63, 3.8) is 0 Å². The van der Waals surface area contributed by atoms with Gasteiger partial charge in [-0.2, -0.15) is 0 Å². The number of aliphatic hydroxyl groups is 1. The molecule has 20 heavy (non-hydrogen) atoms. The third-order valence-electron chi connectivity index (χ3n) is 3.29. The monoisotopic (exact) mass is 300 g/mol. The first-order valence-corrected chi connectivity index (χ1v) is 7.79. The van der Waals surface area contributed by atoms with Crippen molar-refractivity contribution in [1.29, 1.82) is 0 Å². The first-order valence-electron chi connectivity index (χ1n) is 5.97. The second-order valence-electron chi connectivity index (χ2n) is 5.12. The lowest BCUT2D eigenvalue weighted by Crippen LogP contribution is -2.54. The number of carboxylic acids is 1. The van der Waals surface area contributed by atoms with E-state index < -0.39 is 27.4 Å². The van der Waals surface area contributed by atoms with Gasteiger partial charge in [0.2, 0.25) is 0 Å². The van der Waals surface area contributed by atoms with Crippen molar-refractivity contribution in [3.8, 4) is 0 Å². The molecule has 110 valence electrons. The number of benzene rings is 1. The van der Waals surface area contributed by atoms with Crippen molar-refractivity contribution >= 4 is 21.5 Å². The van der Waals surface area contributed by atoms with Crippen molar-refractivity contribution in [2.75, 3.05) is 16.9 Å². The van der Waals surface area contributed by atoms with Gasteiger partial charge >= 0.3 is 5.97 Å². The molecule has 0 bridgehead atoms. The van der Waals surface area contributed by atoms with Crippen LogP contribution in [0, 0.1) is 0 Å². The molecule has 1 aromatic carbocycles. The summed E-state index contributed by atoms with van der Waals surface area (Å²) in [6.07, 6.45) is -1.00. The maximum atomic E-state index is 11.5. The lowest BCUT2D eigenvalue weighted by Gasteiger charge is -2.28. The predicted molar refractivity (Wildman–Crippen MR) is 73.2 cm³/mol. The van der Waals surface area contributed by atoms with E-state index in [1.807, 2.05) is 0 Å². The number of hydrazine groups is 1. The number of rotatable bonds is 4. The Hall–Kier alpha value is -1.64. The first kappa shape index (κ1) is 14.8. The highest BCUT2D eigenvalue weighted by atomic mass is 32.2. The van der Waals surface area contributed by atoms with Crippen LogP contribution < -0.4 is 10.9 Å². The molecule has 0 amide bonds. The molecule has 0 aliphatic carbocycles. The van der Waals surface area contributed by atoms with E-state index in [-0.39, 0.29) is 17.1 Å². The summed E-state index contributed by atoms with van der Waals surface area (Å²) in [5, 5.41) is 18.6. The van der Waals surface area contributed by atoms with Crippen molar-refractivity contribution in [2.24, 2.45) is 0 Å². The normalized spacial score (nSPS) is 28.2. The molecule has 0 saturated carbocycles. The van der Waals surface area contributed by atoms with E-state index in [0.717, 1.165) is 0 Å². The highest BCUT2D eigenvalue weighted by molar-refractivity contribution is 7.91. The van der Waals surface area contributed by atoms with Crippen molar-refractivity contribution in [2.45, 2.75) is 18.6 Å². The molecular formula is C12H16N2O5S. The minimum absolute atomic E-state index is 0.158. The number of anilines is 1. The third-order valence-corrected chi connectivity index (χ3v) is 5.15. The van der Waals surface area contributed by atoms with Gasteiger partial charge in [0.1, 0.15) is 0 Å². The van der Waals surface area contributed by atoms with Gasteiger partial charge in [-0.3, -0.25) is 0 Å². The number of hydrogen-bond donors (Lipinski definition) is 4. The van der Waals surface area contributed by atoms with Crippen LogP contribution in [-0.4, -0.2) is 47.7 Å². The zero-order chi connectivity index (χ0) is 15.0. The number of hydrogen-bond acceptors (Lipinski definition) is 6. The van der Waals surface area contributed by atoms with Gasteiger partial charge in [0, 0.05) is 5.69 Å². The van der Waals surface area contributed by atoms with E-state index in [1.165, 1.54) is 12.1 Å². The summed E-state index contributed by atoms with van der Waals surface area (Å²) in [6.45, 7) is 1.61. The second-order valence-corrected chi connectivity index (χ2v) is 7.23. The average molecular weight is 300 g/mol. The number of carbonyl (C=O) groups is 1. The first-order chi connectivity index (χ1) is 9.22. The van der Waals surface area contributed by atoms with Crippen molar-refractivity contribution < 1.29 is 23.4 Å². The van der Waals surface area contributed by atoms with E-state index in [1.54, 1.807) is 19.1 Å². The van der Waals surface area contributed by atoms with Crippen LogP contribution in [0.1, 0.15) is 17.3 Å². The maximum absolute atomic E-state index is 11.5. The molecule has 0 unspecified atom stereocenters. The lowest BCUT2D eigenvalue weighted by atomic mass is 10.0. The molecule has 7 nitrogen and oxygen atoms in total. The Morgan fingerprint density at radius 2 is 1.95 bits per heavy atom. The van der Waals surface area contributed by atoms with Gasteiger partial charge in [-0.05, 0) is 31.2 Å². The summed E-state index contributed by atoms with van der Waals surface area (Å²) in [4.78, 5) is 10.7. The Morgan fingerprint density at radius 3 is 2.40 bits per heavy atom.